The fraction of sp³-hybridized carbons (Fsp3) is 0.192. The second-order valence-corrected chi connectivity index (χ2v) is 8.17. The summed E-state index contributed by atoms with van der Waals surface area (Å²) in [4.78, 5) is 30.1. The van der Waals surface area contributed by atoms with Crippen molar-refractivity contribution in [2.45, 2.75) is 12.8 Å². The van der Waals surface area contributed by atoms with Crippen LogP contribution in [-0.2, 0) is 12.8 Å². The molecular weight excluding hydrogens is 464 g/mol. The summed E-state index contributed by atoms with van der Waals surface area (Å²) in [5, 5.41) is 15.2. The van der Waals surface area contributed by atoms with Crippen LogP contribution in [0.2, 0.25) is 0 Å². The summed E-state index contributed by atoms with van der Waals surface area (Å²) in [6.07, 6.45) is 0.959. The molecule has 1 aromatic heterocycles. The molecule has 0 N–H and O–H groups in total. The summed E-state index contributed by atoms with van der Waals surface area (Å²) in [6.45, 7) is 0.902. The highest BCUT2D eigenvalue weighted by Gasteiger charge is 2.21. The van der Waals surface area contributed by atoms with Crippen molar-refractivity contribution in [2.75, 3.05) is 19.9 Å². The van der Waals surface area contributed by atoms with Gasteiger partial charge in [-0.15, -0.1) is 0 Å². The Kier molecular flexibility index (Phi) is 6.57. The minimum Gasteiger partial charge on any atom is -0.454 e. The van der Waals surface area contributed by atoms with E-state index in [-0.39, 0.29) is 24.0 Å². The second kappa shape index (κ2) is 10.3. The highest BCUT2D eigenvalue weighted by molar-refractivity contribution is 5.94. The molecule has 36 heavy (non-hydrogen) atoms. The van der Waals surface area contributed by atoms with Crippen LogP contribution in [0.5, 0.6) is 11.5 Å². The maximum atomic E-state index is 13.3. The van der Waals surface area contributed by atoms with E-state index >= 15 is 0 Å². The van der Waals surface area contributed by atoms with Crippen LogP contribution >= 0.6 is 0 Å². The smallest absolute Gasteiger partial charge is 0.270 e. The van der Waals surface area contributed by atoms with Gasteiger partial charge in [0, 0.05) is 42.8 Å². The molecular formula is C26H22N4O6. The molecule has 10 heteroatoms. The molecule has 0 saturated heterocycles. The third kappa shape index (κ3) is 5.17. The Hall–Kier alpha value is -4.73. The Morgan fingerprint density at radius 2 is 1.75 bits per heavy atom. The maximum Gasteiger partial charge on any atom is 0.270 e. The molecule has 0 unspecified atom stereocenters. The molecule has 182 valence electrons. The Balaban J connectivity index is 1.31. The molecule has 0 spiro atoms. The number of carbonyl (C=O) groups is 1. The number of hydrogen-bond donors (Lipinski definition) is 0. The number of aromatic nitrogens is 2. The van der Waals surface area contributed by atoms with Crippen LogP contribution in [0.4, 0.5) is 5.69 Å². The average molecular weight is 486 g/mol. The van der Waals surface area contributed by atoms with Crippen molar-refractivity contribution in [1.29, 1.82) is 0 Å². The zero-order valence-corrected chi connectivity index (χ0v) is 19.2. The van der Waals surface area contributed by atoms with E-state index in [0.717, 1.165) is 11.1 Å². The summed E-state index contributed by atoms with van der Waals surface area (Å²) in [6, 6.07) is 20.9. The van der Waals surface area contributed by atoms with Crippen LogP contribution in [0.1, 0.15) is 21.8 Å². The normalized spacial score (nSPS) is 11.9. The van der Waals surface area contributed by atoms with E-state index in [1.165, 1.54) is 18.2 Å². The lowest BCUT2D eigenvalue weighted by Gasteiger charge is -2.22. The number of ether oxygens (including phenoxy) is 2. The largest absolute Gasteiger partial charge is 0.454 e. The van der Waals surface area contributed by atoms with Gasteiger partial charge in [-0.25, -0.2) is 0 Å². The number of nitrogens with zero attached hydrogens (tertiary/aromatic N) is 4. The third-order valence-electron chi connectivity index (χ3n) is 5.80. The lowest BCUT2D eigenvalue weighted by atomic mass is 10.1. The van der Waals surface area contributed by atoms with Gasteiger partial charge >= 0.3 is 0 Å². The van der Waals surface area contributed by atoms with E-state index in [9.17, 15) is 14.9 Å². The van der Waals surface area contributed by atoms with E-state index in [2.05, 4.69) is 10.1 Å². The molecule has 2 heterocycles. The van der Waals surface area contributed by atoms with Gasteiger partial charge in [-0.1, -0.05) is 41.6 Å². The summed E-state index contributed by atoms with van der Waals surface area (Å²) >= 11 is 0. The molecule has 0 saturated carbocycles. The summed E-state index contributed by atoms with van der Waals surface area (Å²) in [5.41, 5.74) is 1.93. The molecule has 5 rings (SSSR count). The van der Waals surface area contributed by atoms with E-state index in [0.29, 0.717) is 49.1 Å². The Morgan fingerprint density at radius 1 is 0.944 bits per heavy atom. The number of benzene rings is 3. The molecule has 1 amide bonds. The Bertz CT molecular complexity index is 1390. The monoisotopic (exact) mass is 486 g/mol. The second-order valence-electron chi connectivity index (χ2n) is 8.17. The first-order valence-corrected chi connectivity index (χ1v) is 11.4. The SMILES string of the molecule is O=C(c1cccc([N+](=O)[O-])c1)N(CCc1ccccc1)CCc1nc(-c2ccc3c(c2)OCO3)no1. The summed E-state index contributed by atoms with van der Waals surface area (Å²) < 4.78 is 16.2. The number of nitro groups is 1. The lowest BCUT2D eigenvalue weighted by molar-refractivity contribution is -0.384. The van der Waals surface area contributed by atoms with E-state index < -0.39 is 4.92 Å². The number of nitro benzene ring substituents is 1. The Labute approximate surface area is 206 Å². The highest BCUT2D eigenvalue weighted by Crippen LogP contribution is 2.35. The fourth-order valence-electron chi connectivity index (χ4n) is 3.90. The average Bonchev–Trinajstić information content (AvgIpc) is 3.58. The van der Waals surface area contributed by atoms with Crippen molar-refractivity contribution in [3.63, 3.8) is 0 Å². The number of non-ortho nitro benzene ring substituents is 1. The molecule has 3 aromatic carbocycles. The molecule has 0 bridgehead atoms. The van der Waals surface area contributed by atoms with E-state index in [1.54, 1.807) is 23.1 Å². The number of carbonyl (C=O) groups excluding carboxylic acids is 1. The van der Waals surface area contributed by atoms with Gasteiger partial charge in [-0.05, 0) is 36.2 Å². The van der Waals surface area contributed by atoms with Crippen LogP contribution in [0.25, 0.3) is 11.4 Å². The third-order valence-corrected chi connectivity index (χ3v) is 5.80. The number of amides is 1. The predicted octanol–water partition coefficient (Wildman–Crippen LogP) is 4.30. The predicted molar refractivity (Wildman–Crippen MR) is 129 cm³/mol. The van der Waals surface area contributed by atoms with Gasteiger partial charge in [-0.2, -0.15) is 4.98 Å². The fourth-order valence-corrected chi connectivity index (χ4v) is 3.90. The van der Waals surface area contributed by atoms with Crippen LogP contribution in [-0.4, -0.2) is 45.8 Å². The first-order chi connectivity index (χ1) is 17.6. The zero-order valence-electron chi connectivity index (χ0n) is 19.2. The number of fused-ring (bicyclic) bond motifs is 1. The first kappa shape index (κ1) is 23.0. The van der Waals surface area contributed by atoms with Gasteiger partial charge in [0.05, 0.1) is 4.92 Å². The molecule has 0 fully saturated rings. The molecule has 10 nitrogen and oxygen atoms in total. The van der Waals surface area contributed by atoms with Crippen LogP contribution in [0.15, 0.2) is 77.3 Å². The van der Waals surface area contributed by atoms with E-state index in [1.807, 2.05) is 36.4 Å². The topological polar surface area (TPSA) is 121 Å². The quantitative estimate of drug-likeness (QED) is 0.254. The van der Waals surface area contributed by atoms with Gasteiger partial charge in [0.25, 0.3) is 11.6 Å². The van der Waals surface area contributed by atoms with Crippen molar-refractivity contribution in [3.8, 4) is 22.9 Å². The van der Waals surface area contributed by atoms with Gasteiger partial charge in [-0.3, -0.25) is 14.9 Å². The number of rotatable bonds is 9. The lowest BCUT2D eigenvalue weighted by Crippen LogP contribution is -2.34. The zero-order chi connectivity index (χ0) is 24.9. The summed E-state index contributed by atoms with van der Waals surface area (Å²) in [7, 11) is 0. The van der Waals surface area contributed by atoms with Gasteiger partial charge < -0.3 is 18.9 Å². The van der Waals surface area contributed by atoms with Crippen LogP contribution in [0.3, 0.4) is 0 Å². The minimum absolute atomic E-state index is 0.130. The van der Waals surface area contributed by atoms with Crippen molar-refractivity contribution in [2.24, 2.45) is 0 Å². The minimum atomic E-state index is -0.513. The van der Waals surface area contributed by atoms with Crippen molar-refractivity contribution in [3.05, 3.63) is 99.9 Å². The molecule has 0 radical (unpaired) electrons. The highest BCUT2D eigenvalue weighted by atomic mass is 16.7. The first-order valence-electron chi connectivity index (χ1n) is 11.4. The van der Waals surface area contributed by atoms with Crippen LogP contribution in [0, 0.1) is 10.1 Å². The maximum absolute atomic E-state index is 13.3. The molecule has 1 aliphatic rings. The van der Waals surface area contributed by atoms with Crippen molar-refractivity contribution < 1.29 is 23.7 Å². The van der Waals surface area contributed by atoms with Gasteiger partial charge in [0.1, 0.15) is 0 Å². The van der Waals surface area contributed by atoms with Crippen molar-refractivity contribution >= 4 is 11.6 Å². The summed E-state index contributed by atoms with van der Waals surface area (Å²) in [5.74, 6) is 1.76. The van der Waals surface area contributed by atoms with E-state index in [4.69, 9.17) is 14.0 Å². The molecule has 0 aliphatic carbocycles. The van der Waals surface area contributed by atoms with Gasteiger partial charge in [0.2, 0.25) is 18.5 Å². The standard InChI is InChI=1S/C26H22N4O6/c31-26(20-7-4-8-21(15-20)30(32)33)29(13-11-18-5-2-1-3-6-18)14-12-24-27-25(28-36-24)19-9-10-22-23(16-19)35-17-34-22/h1-10,15-16H,11-14,17H2. The van der Waals surface area contributed by atoms with Crippen LogP contribution < -0.4 is 9.47 Å². The Morgan fingerprint density at radius 3 is 2.58 bits per heavy atom. The number of hydrogen-bond acceptors (Lipinski definition) is 8. The molecule has 0 atom stereocenters. The molecule has 1 aliphatic heterocycles. The molecule has 4 aromatic rings. The van der Waals surface area contributed by atoms with Crippen molar-refractivity contribution in [1.82, 2.24) is 15.0 Å². The van der Waals surface area contributed by atoms with Gasteiger partial charge in [0.15, 0.2) is 11.5 Å².